The van der Waals surface area contributed by atoms with Crippen molar-refractivity contribution >= 4 is 29.3 Å². The zero-order chi connectivity index (χ0) is 17.8. The molecule has 0 bridgehead atoms. The molecule has 1 aromatic heterocycles. The molecule has 0 radical (unpaired) electrons. The van der Waals surface area contributed by atoms with Crippen molar-refractivity contribution in [3.8, 4) is 11.5 Å². The van der Waals surface area contributed by atoms with Crippen molar-refractivity contribution in [3.63, 3.8) is 0 Å². The molecule has 1 aliphatic carbocycles. The molecule has 25 heavy (non-hydrogen) atoms. The van der Waals surface area contributed by atoms with Crippen molar-refractivity contribution in [2.24, 2.45) is 5.92 Å². The van der Waals surface area contributed by atoms with Gasteiger partial charge in [0.25, 0.3) is 5.22 Å². The average molecular weight is 380 g/mol. The van der Waals surface area contributed by atoms with Crippen molar-refractivity contribution in [2.75, 3.05) is 0 Å². The number of thioether (sulfide) groups is 1. The van der Waals surface area contributed by atoms with E-state index >= 15 is 0 Å². The summed E-state index contributed by atoms with van der Waals surface area (Å²) in [5.74, 6) is 0.984. The summed E-state index contributed by atoms with van der Waals surface area (Å²) in [6.07, 6.45) is 4.68. The van der Waals surface area contributed by atoms with Crippen LogP contribution in [0.15, 0.2) is 33.9 Å². The number of benzene rings is 1. The van der Waals surface area contributed by atoms with Gasteiger partial charge in [0, 0.05) is 16.6 Å². The molecule has 1 N–H and O–H groups in total. The molecule has 5 nitrogen and oxygen atoms in total. The van der Waals surface area contributed by atoms with Gasteiger partial charge in [0.2, 0.25) is 11.8 Å². The van der Waals surface area contributed by atoms with Crippen molar-refractivity contribution in [1.82, 2.24) is 15.5 Å². The third-order valence-electron chi connectivity index (χ3n) is 4.58. The highest BCUT2D eigenvalue weighted by Gasteiger charge is 2.26. The predicted molar refractivity (Wildman–Crippen MR) is 99.6 cm³/mol. The Balaban J connectivity index is 1.58. The zero-order valence-corrected chi connectivity index (χ0v) is 15.9. The Hall–Kier alpha value is -1.53. The standard InChI is InChI=1S/C18H22ClN3O2S/c1-11-5-3-4-6-15(11)20-16(23)12(2)25-18-22-21-17(24-18)13-7-9-14(19)10-8-13/h7-12,15H,3-6H2,1-2H3,(H,20,23)/t11-,12-,15+/m1/s1. The number of amides is 1. The number of nitrogens with zero attached hydrogens (tertiary/aromatic N) is 2. The normalized spacial score (nSPS) is 21.7. The molecule has 3 rings (SSSR count). The van der Waals surface area contributed by atoms with Crippen LogP contribution in [0.4, 0.5) is 0 Å². The second-order valence-corrected chi connectivity index (χ2v) is 8.25. The monoisotopic (exact) mass is 379 g/mol. The van der Waals surface area contributed by atoms with E-state index in [2.05, 4.69) is 22.4 Å². The molecule has 1 fully saturated rings. The maximum atomic E-state index is 12.4. The van der Waals surface area contributed by atoms with Crippen molar-refractivity contribution in [1.29, 1.82) is 0 Å². The van der Waals surface area contributed by atoms with Gasteiger partial charge >= 0.3 is 0 Å². The lowest BCUT2D eigenvalue weighted by Gasteiger charge is -2.30. The first-order valence-corrected chi connectivity index (χ1v) is 9.85. The molecule has 1 aliphatic rings. The number of nitrogens with one attached hydrogen (secondary N) is 1. The third kappa shape index (κ3) is 4.76. The molecule has 3 atom stereocenters. The Morgan fingerprint density at radius 2 is 2.00 bits per heavy atom. The largest absolute Gasteiger partial charge is 0.411 e. The maximum Gasteiger partial charge on any atom is 0.277 e. The van der Waals surface area contributed by atoms with Crippen LogP contribution < -0.4 is 5.32 Å². The quantitative estimate of drug-likeness (QED) is 0.771. The molecule has 1 heterocycles. The molecule has 0 aliphatic heterocycles. The van der Waals surface area contributed by atoms with Crippen LogP contribution >= 0.6 is 23.4 Å². The Labute approximate surface area is 156 Å². The van der Waals surface area contributed by atoms with Gasteiger partial charge in [-0.3, -0.25) is 4.79 Å². The Morgan fingerprint density at radius 1 is 1.28 bits per heavy atom. The number of hydrogen-bond acceptors (Lipinski definition) is 5. The summed E-state index contributed by atoms with van der Waals surface area (Å²) in [4.78, 5) is 12.4. The van der Waals surface area contributed by atoms with Crippen LogP contribution in [0, 0.1) is 5.92 Å². The first-order valence-electron chi connectivity index (χ1n) is 8.59. The average Bonchev–Trinajstić information content (AvgIpc) is 3.06. The predicted octanol–water partition coefficient (Wildman–Crippen LogP) is 4.57. The second-order valence-electron chi connectivity index (χ2n) is 6.52. The SMILES string of the molecule is C[C@@H]1CCCC[C@@H]1NC(=O)[C@@H](C)Sc1nnc(-c2ccc(Cl)cc2)o1. The number of aromatic nitrogens is 2. The van der Waals surface area contributed by atoms with Gasteiger partial charge in [0.15, 0.2) is 0 Å². The summed E-state index contributed by atoms with van der Waals surface area (Å²) in [6.45, 7) is 4.07. The van der Waals surface area contributed by atoms with E-state index in [0.29, 0.717) is 22.1 Å². The van der Waals surface area contributed by atoms with Crippen LogP contribution in [0.1, 0.15) is 39.5 Å². The highest BCUT2D eigenvalue weighted by atomic mass is 35.5. The van der Waals surface area contributed by atoms with Crippen LogP contribution in [0.2, 0.25) is 5.02 Å². The highest BCUT2D eigenvalue weighted by Crippen LogP contribution is 2.28. The minimum atomic E-state index is -0.285. The van der Waals surface area contributed by atoms with Crippen LogP contribution in [0.25, 0.3) is 11.5 Å². The number of carbonyl (C=O) groups excluding carboxylic acids is 1. The van der Waals surface area contributed by atoms with Crippen molar-refractivity contribution in [2.45, 2.75) is 56.0 Å². The minimum Gasteiger partial charge on any atom is -0.411 e. The summed E-state index contributed by atoms with van der Waals surface area (Å²) in [6, 6.07) is 7.47. The number of rotatable bonds is 5. The van der Waals surface area contributed by atoms with Crippen LogP contribution in [-0.4, -0.2) is 27.4 Å². The highest BCUT2D eigenvalue weighted by molar-refractivity contribution is 8.00. The van der Waals surface area contributed by atoms with Gasteiger partial charge in [-0.1, -0.05) is 43.1 Å². The molecule has 0 unspecified atom stereocenters. The molecule has 2 aromatic rings. The van der Waals surface area contributed by atoms with E-state index in [-0.39, 0.29) is 17.2 Å². The number of carbonyl (C=O) groups is 1. The molecule has 0 spiro atoms. The fourth-order valence-corrected chi connectivity index (χ4v) is 3.82. The molecule has 0 saturated heterocycles. The minimum absolute atomic E-state index is 0.0231. The zero-order valence-electron chi connectivity index (χ0n) is 14.4. The van der Waals surface area contributed by atoms with Gasteiger partial charge in [0.1, 0.15) is 0 Å². The molecule has 134 valence electrons. The Bertz CT molecular complexity index is 719. The van der Waals surface area contributed by atoms with E-state index in [4.69, 9.17) is 16.0 Å². The molecular weight excluding hydrogens is 358 g/mol. The van der Waals surface area contributed by atoms with Crippen LogP contribution in [-0.2, 0) is 4.79 Å². The van der Waals surface area contributed by atoms with Crippen molar-refractivity contribution < 1.29 is 9.21 Å². The summed E-state index contributed by atoms with van der Waals surface area (Å²) >= 11 is 7.16. The fraction of sp³-hybridized carbons (Fsp3) is 0.500. The summed E-state index contributed by atoms with van der Waals surface area (Å²) in [5.41, 5.74) is 0.803. The van der Waals surface area contributed by atoms with Crippen molar-refractivity contribution in [3.05, 3.63) is 29.3 Å². The molecule has 1 aromatic carbocycles. The Kier molecular flexibility index (Phi) is 6.02. The lowest BCUT2D eigenvalue weighted by molar-refractivity contribution is -0.121. The van der Waals surface area contributed by atoms with E-state index in [0.717, 1.165) is 12.0 Å². The van der Waals surface area contributed by atoms with Gasteiger partial charge in [0.05, 0.1) is 5.25 Å². The summed E-state index contributed by atoms with van der Waals surface area (Å²) in [7, 11) is 0. The smallest absolute Gasteiger partial charge is 0.277 e. The molecule has 1 amide bonds. The lowest BCUT2D eigenvalue weighted by atomic mass is 9.86. The second kappa shape index (κ2) is 8.23. The fourth-order valence-electron chi connectivity index (χ4n) is 3.00. The van der Waals surface area contributed by atoms with Gasteiger partial charge in [-0.15, -0.1) is 10.2 Å². The topological polar surface area (TPSA) is 68.0 Å². The number of hydrogen-bond donors (Lipinski definition) is 1. The molecule has 1 saturated carbocycles. The molecule has 7 heteroatoms. The first kappa shape index (κ1) is 18.3. The van der Waals surface area contributed by atoms with Gasteiger partial charge in [-0.2, -0.15) is 0 Å². The van der Waals surface area contributed by atoms with E-state index in [1.54, 1.807) is 12.1 Å². The number of halogens is 1. The summed E-state index contributed by atoms with van der Waals surface area (Å²) in [5, 5.41) is 12.0. The van der Waals surface area contributed by atoms with E-state index in [9.17, 15) is 4.79 Å². The Morgan fingerprint density at radius 3 is 2.72 bits per heavy atom. The first-order chi connectivity index (χ1) is 12.0. The lowest BCUT2D eigenvalue weighted by Crippen LogP contribution is -2.44. The van der Waals surface area contributed by atoms with E-state index < -0.39 is 0 Å². The van der Waals surface area contributed by atoms with Crippen LogP contribution in [0.5, 0.6) is 0 Å². The molecular formula is C18H22ClN3O2S. The van der Waals surface area contributed by atoms with Crippen LogP contribution in [0.3, 0.4) is 0 Å². The summed E-state index contributed by atoms with van der Waals surface area (Å²) < 4.78 is 5.66. The van der Waals surface area contributed by atoms with Gasteiger partial charge < -0.3 is 9.73 Å². The van der Waals surface area contributed by atoms with E-state index in [1.165, 1.54) is 31.0 Å². The third-order valence-corrected chi connectivity index (χ3v) is 5.77. The van der Waals surface area contributed by atoms with Gasteiger partial charge in [-0.25, -0.2) is 0 Å². The maximum absolute atomic E-state index is 12.4. The van der Waals surface area contributed by atoms with Gasteiger partial charge in [-0.05, 0) is 49.9 Å². The van der Waals surface area contributed by atoms with E-state index in [1.807, 2.05) is 19.1 Å².